The van der Waals surface area contributed by atoms with E-state index in [1.165, 1.54) is 37.1 Å². The lowest BCUT2D eigenvalue weighted by Crippen LogP contribution is -2.29. The highest BCUT2D eigenvalue weighted by atomic mass is 32.2. The molecule has 0 radical (unpaired) electrons. The molecule has 3 rings (SSSR count). The number of hydrogen-bond acceptors (Lipinski definition) is 3. The highest BCUT2D eigenvalue weighted by molar-refractivity contribution is 7.88. The molecule has 1 N–H and O–H groups in total. The summed E-state index contributed by atoms with van der Waals surface area (Å²) in [5, 5.41) is 0. The van der Waals surface area contributed by atoms with Gasteiger partial charge in [-0.05, 0) is 49.4 Å². The largest absolute Gasteiger partial charge is 0.372 e. The van der Waals surface area contributed by atoms with E-state index in [9.17, 15) is 12.8 Å². The van der Waals surface area contributed by atoms with Gasteiger partial charge in [0.25, 0.3) is 0 Å². The van der Waals surface area contributed by atoms with Crippen molar-refractivity contribution >= 4 is 15.7 Å². The fourth-order valence-electron chi connectivity index (χ4n) is 3.25. The number of sulfonamides is 1. The van der Waals surface area contributed by atoms with Crippen LogP contribution in [0.1, 0.15) is 30.4 Å². The number of halogens is 1. The van der Waals surface area contributed by atoms with Crippen LogP contribution in [0.25, 0.3) is 0 Å². The quantitative estimate of drug-likeness (QED) is 0.805. The van der Waals surface area contributed by atoms with Crippen LogP contribution in [0, 0.1) is 5.82 Å². The highest BCUT2D eigenvalue weighted by Gasteiger charge is 2.14. The summed E-state index contributed by atoms with van der Waals surface area (Å²) in [6.07, 6.45) is 4.40. The van der Waals surface area contributed by atoms with E-state index in [2.05, 4.69) is 33.9 Å². The first-order chi connectivity index (χ1) is 12.5. The molecule has 2 aromatic carbocycles. The molecule has 2 aromatic rings. The first-order valence-corrected chi connectivity index (χ1v) is 10.7. The number of benzene rings is 2. The van der Waals surface area contributed by atoms with E-state index in [0.717, 1.165) is 18.7 Å². The number of rotatable bonds is 7. The van der Waals surface area contributed by atoms with Gasteiger partial charge in [-0.2, -0.15) is 0 Å². The number of anilines is 1. The first kappa shape index (κ1) is 18.9. The van der Waals surface area contributed by atoms with Crippen molar-refractivity contribution in [2.45, 2.75) is 31.4 Å². The number of piperidine rings is 1. The zero-order valence-corrected chi connectivity index (χ0v) is 15.6. The third kappa shape index (κ3) is 5.29. The van der Waals surface area contributed by atoms with Crippen molar-refractivity contribution in [2.75, 3.05) is 24.5 Å². The molecule has 0 atom stereocenters. The van der Waals surface area contributed by atoms with E-state index in [4.69, 9.17) is 0 Å². The van der Waals surface area contributed by atoms with Crippen LogP contribution in [-0.2, 0) is 22.2 Å². The summed E-state index contributed by atoms with van der Waals surface area (Å²) in [6, 6.07) is 14.3. The number of nitrogens with one attached hydrogen (secondary N) is 1. The molecule has 0 aromatic heterocycles. The molecule has 6 heteroatoms. The van der Waals surface area contributed by atoms with Gasteiger partial charge in [0.2, 0.25) is 10.0 Å². The molecule has 4 nitrogen and oxygen atoms in total. The van der Waals surface area contributed by atoms with Crippen LogP contribution in [0.4, 0.5) is 10.1 Å². The molecule has 140 valence electrons. The van der Waals surface area contributed by atoms with Crippen LogP contribution >= 0.6 is 0 Å². The fraction of sp³-hybridized carbons (Fsp3) is 0.400. The molecule has 1 aliphatic heterocycles. The molecule has 0 bridgehead atoms. The molecule has 26 heavy (non-hydrogen) atoms. The van der Waals surface area contributed by atoms with E-state index in [0.29, 0.717) is 13.0 Å². The standard InChI is InChI=1S/C20H25FN2O2S/c21-20-7-3-2-6-18(20)16-26(24,25)22-13-12-17-8-10-19(11-9-17)23-14-4-1-5-15-23/h2-3,6-11,22H,1,4-5,12-16H2. The van der Waals surface area contributed by atoms with Gasteiger partial charge in [0.05, 0.1) is 5.75 Å². The second kappa shape index (κ2) is 8.64. The van der Waals surface area contributed by atoms with E-state index in [1.807, 2.05) is 0 Å². The Kier molecular flexibility index (Phi) is 6.27. The smallest absolute Gasteiger partial charge is 0.215 e. The van der Waals surface area contributed by atoms with Crippen molar-refractivity contribution in [2.24, 2.45) is 0 Å². The van der Waals surface area contributed by atoms with Crippen LogP contribution < -0.4 is 9.62 Å². The minimum absolute atomic E-state index is 0.186. The zero-order valence-electron chi connectivity index (χ0n) is 14.8. The van der Waals surface area contributed by atoms with Gasteiger partial charge in [0.15, 0.2) is 0 Å². The molecule has 0 amide bonds. The summed E-state index contributed by atoms with van der Waals surface area (Å²) in [4.78, 5) is 2.39. The number of hydrogen-bond donors (Lipinski definition) is 1. The molecular formula is C20H25FN2O2S. The molecule has 1 aliphatic rings. The molecule has 0 saturated carbocycles. The SMILES string of the molecule is O=S(=O)(Cc1ccccc1F)NCCc1ccc(N2CCCCC2)cc1. The third-order valence-electron chi connectivity index (χ3n) is 4.70. The lowest BCUT2D eigenvalue weighted by molar-refractivity contribution is 0.574. The molecule has 0 spiro atoms. The number of nitrogens with zero attached hydrogens (tertiary/aromatic N) is 1. The summed E-state index contributed by atoms with van der Waals surface area (Å²) < 4.78 is 40.4. The minimum Gasteiger partial charge on any atom is -0.372 e. The third-order valence-corrected chi connectivity index (χ3v) is 6.03. The molecule has 0 unspecified atom stereocenters. The Morgan fingerprint density at radius 3 is 2.35 bits per heavy atom. The van der Waals surface area contributed by atoms with Crippen molar-refractivity contribution < 1.29 is 12.8 Å². The Labute approximate surface area is 155 Å². The van der Waals surface area contributed by atoms with Crippen LogP contribution in [0.5, 0.6) is 0 Å². The van der Waals surface area contributed by atoms with Gasteiger partial charge in [-0.15, -0.1) is 0 Å². The Morgan fingerprint density at radius 1 is 0.962 bits per heavy atom. The summed E-state index contributed by atoms with van der Waals surface area (Å²) in [7, 11) is -3.55. The predicted molar refractivity (Wildman–Crippen MR) is 103 cm³/mol. The summed E-state index contributed by atoms with van der Waals surface area (Å²) in [6.45, 7) is 2.52. The summed E-state index contributed by atoms with van der Waals surface area (Å²) >= 11 is 0. The van der Waals surface area contributed by atoms with Gasteiger partial charge in [-0.3, -0.25) is 0 Å². The van der Waals surface area contributed by atoms with Crippen molar-refractivity contribution in [1.82, 2.24) is 4.72 Å². The average molecular weight is 376 g/mol. The van der Waals surface area contributed by atoms with E-state index < -0.39 is 15.8 Å². The lowest BCUT2D eigenvalue weighted by Gasteiger charge is -2.28. The topological polar surface area (TPSA) is 49.4 Å². The second-order valence-electron chi connectivity index (χ2n) is 6.71. The van der Waals surface area contributed by atoms with E-state index in [-0.39, 0.29) is 11.3 Å². The normalized spacial score (nSPS) is 15.2. The highest BCUT2D eigenvalue weighted by Crippen LogP contribution is 2.20. The van der Waals surface area contributed by atoms with Crippen molar-refractivity contribution in [1.29, 1.82) is 0 Å². The van der Waals surface area contributed by atoms with E-state index in [1.54, 1.807) is 12.1 Å². The zero-order chi connectivity index (χ0) is 18.4. The first-order valence-electron chi connectivity index (χ1n) is 9.08. The van der Waals surface area contributed by atoms with Gasteiger partial charge in [0, 0.05) is 30.9 Å². The fourth-order valence-corrected chi connectivity index (χ4v) is 4.41. The van der Waals surface area contributed by atoms with Crippen LogP contribution in [0.2, 0.25) is 0 Å². The monoisotopic (exact) mass is 376 g/mol. The predicted octanol–water partition coefficient (Wildman–Crippen LogP) is 3.48. The maximum absolute atomic E-state index is 13.6. The molecule has 1 heterocycles. The maximum Gasteiger partial charge on any atom is 0.215 e. The van der Waals surface area contributed by atoms with Gasteiger partial charge in [0.1, 0.15) is 5.82 Å². The van der Waals surface area contributed by atoms with Gasteiger partial charge in [-0.25, -0.2) is 17.5 Å². The lowest BCUT2D eigenvalue weighted by atomic mass is 10.1. The van der Waals surface area contributed by atoms with Crippen molar-refractivity contribution in [3.63, 3.8) is 0 Å². The molecule has 0 aliphatic carbocycles. The molecule has 1 saturated heterocycles. The van der Waals surface area contributed by atoms with Crippen LogP contribution in [0.3, 0.4) is 0 Å². The average Bonchev–Trinajstić information content (AvgIpc) is 2.65. The Balaban J connectivity index is 1.50. The van der Waals surface area contributed by atoms with Crippen molar-refractivity contribution in [3.8, 4) is 0 Å². The van der Waals surface area contributed by atoms with Crippen LogP contribution in [0.15, 0.2) is 48.5 Å². The molecule has 1 fully saturated rings. The Hall–Kier alpha value is -1.92. The second-order valence-corrected chi connectivity index (χ2v) is 8.52. The van der Waals surface area contributed by atoms with Gasteiger partial charge < -0.3 is 4.90 Å². The maximum atomic E-state index is 13.6. The van der Waals surface area contributed by atoms with Gasteiger partial charge in [-0.1, -0.05) is 30.3 Å². The summed E-state index contributed by atoms with van der Waals surface area (Å²) in [5.74, 6) is -0.834. The Morgan fingerprint density at radius 2 is 1.65 bits per heavy atom. The minimum atomic E-state index is -3.55. The van der Waals surface area contributed by atoms with Gasteiger partial charge >= 0.3 is 0 Å². The summed E-state index contributed by atoms with van der Waals surface area (Å²) in [5.41, 5.74) is 2.50. The molecular weight excluding hydrogens is 351 g/mol. The van der Waals surface area contributed by atoms with Crippen molar-refractivity contribution in [3.05, 3.63) is 65.5 Å². The van der Waals surface area contributed by atoms with Crippen LogP contribution in [-0.4, -0.2) is 28.1 Å². The Bertz CT molecular complexity index is 816. The van der Waals surface area contributed by atoms with E-state index >= 15 is 0 Å².